The summed E-state index contributed by atoms with van der Waals surface area (Å²) in [7, 11) is 0. The number of hydrogen-bond donors (Lipinski definition) is 3. The molecule has 1 aliphatic heterocycles. The molecule has 1 unspecified atom stereocenters. The topological polar surface area (TPSA) is 88.7 Å². The van der Waals surface area contributed by atoms with E-state index >= 15 is 0 Å². The second kappa shape index (κ2) is 11.6. The fourth-order valence-corrected chi connectivity index (χ4v) is 3.35. The highest BCUT2D eigenvalue weighted by Gasteiger charge is 2.16. The molecule has 0 aliphatic carbocycles. The van der Waals surface area contributed by atoms with Crippen molar-refractivity contribution in [3.63, 3.8) is 0 Å². The van der Waals surface area contributed by atoms with E-state index in [0.29, 0.717) is 29.4 Å². The summed E-state index contributed by atoms with van der Waals surface area (Å²) in [5.74, 6) is 0.384. The van der Waals surface area contributed by atoms with Gasteiger partial charge in [0.25, 0.3) is 0 Å². The van der Waals surface area contributed by atoms with Crippen LogP contribution in [0, 0.1) is 0 Å². The van der Waals surface area contributed by atoms with Gasteiger partial charge in [0.1, 0.15) is 12.4 Å². The van der Waals surface area contributed by atoms with E-state index in [0.717, 1.165) is 37.3 Å². The minimum absolute atomic E-state index is 0.0535. The summed E-state index contributed by atoms with van der Waals surface area (Å²) in [5, 5.41) is 9.04. The van der Waals surface area contributed by atoms with Crippen LogP contribution < -0.4 is 20.7 Å². The number of nitrogens with one attached hydrogen (secondary N) is 3. The molecule has 1 saturated heterocycles. The van der Waals surface area contributed by atoms with E-state index in [-0.39, 0.29) is 24.5 Å². The minimum atomic E-state index is -0.260. The molecule has 2 aromatic carbocycles. The van der Waals surface area contributed by atoms with E-state index in [9.17, 15) is 9.59 Å². The van der Waals surface area contributed by atoms with Crippen molar-refractivity contribution in [3.8, 4) is 5.75 Å². The third-order valence-electron chi connectivity index (χ3n) is 4.75. The Morgan fingerprint density at radius 2 is 2.00 bits per heavy atom. The molecule has 8 heteroatoms. The molecule has 3 N–H and O–H groups in total. The molecule has 0 saturated carbocycles. The zero-order chi connectivity index (χ0) is 22.1. The number of carbonyl (C=O) groups is 2. The summed E-state index contributed by atoms with van der Waals surface area (Å²) in [6, 6.07) is 12.4. The van der Waals surface area contributed by atoms with Gasteiger partial charge < -0.3 is 25.4 Å². The number of rotatable bonds is 10. The van der Waals surface area contributed by atoms with E-state index < -0.39 is 0 Å². The SMILES string of the molecule is CCCC(=O)Nc1ccc(Cl)c(NC(=O)CNc2cccc(OCC3CCCO3)c2)c1. The number of carbonyl (C=O) groups excluding carboxylic acids is 2. The lowest BCUT2D eigenvalue weighted by molar-refractivity contribution is -0.116. The van der Waals surface area contributed by atoms with Crippen molar-refractivity contribution in [3.05, 3.63) is 47.5 Å². The standard InChI is InChI=1S/C23H28ClN3O4/c1-2-5-22(28)26-17-9-10-20(24)21(13-17)27-23(29)14-25-16-6-3-7-18(12-16)31-15-19-8-4-11-30-19/h3,6-7,9-10,12-13,19,25H,2,4-5,8,11,14-15H2,1H3,(H,26,28)(H,27,29). The van der Waals surface area contributed by atoms with Crippen LogP contribution in [0.4, 0.5) is 17.1 Å². The largest absolute Gasteiger partial charge is 0.491 e. The maximum Gasteiger partial charge on any atom is 0.243 e. The fourth-order valence-electron chi connectivity index (χ4n) is 3.19. The van der Waals surface area contributed by atoms with Gasteiger partial charge >= 0.3 is 0 Å². The van der Waals surface area contributed by atoms with Crippen LogP contribution in [0.25, 0.3) is 0 Å². The van der Waals surface area contributed by atoms with Gasteiger partial charge in [-0.2, -0.15) is 0 Å². The first-order valence-electron chi connectivity index (χ1n) is 10.5. The van der Waals surface area contributed by atoms with Crippen LogP contribution >= 0.6 is 11.6 Å². The molecule has 0 radical (unpaired) electrons. The Morgan fingerprint density at radius 3 is 2.77 bits per heavy atom. The summed E-state index contributed by atoms with van der Waals surface area (Å²) in [4.78, 5) is 24.2. The average molecular weight is 446 g/mol. The molecule has 1 heterocycles. The zero-order valence-electron chi connectivity index (χ0n) is 17.6. The van der Waals surface area contributed by atoms with Gasteiger partial charge in [0.15, 0.2) is 0 Å². The number of hydrogen-bond acceptors (Lipinski definition) is 5. The number of ether oxygens (including phenoxy) is 2. The summed E-state index contributed by atoms with van der Waals surface area (Å²) >= 11 is 6.19. The Morgan fingerprint density at radius 1 is 1.13 bits per heavy atom. The molecular weight excluding hydrogens is 418 g/mol. The second-order valence-electron chi connectivity index (χ2n) is 7.37. The van der Waals surface area contributed by atoms with Crippen LogP contribution in [0.2, 0.25) is 5.02 Å². The van der Waals surface area contributed by atoms with Gasteiger partial charge in [-0.25, -0.2) is 0 Å². The van der Waals surface area contributed by atoms with Crippen LogP contribution in [-0.4, -0.2) is 37.7 Å². The van der Waals surface area contributed by atoms with Crippen LogP contribution in [0.15, 0.2) is 42.5 Å². The van der Waals surface area contributed by atoms with Crippen LogP contribution in [0.3, 0.4) is 0 Å². The number of benzene rings is 2. The molecular formula is C23H28ClN3O4. The van der Waals surface area contributed by atoms with Crippen molar-refractivity contribution >= 4 is 40.5 Å². The van der Waals surface area contributed by atoms with E-state index in [4.69, 9.17) is 21.1 Å². The lowest BCUT2D eigenvalue weighted by atomic mass is 10.2. The second-order valence-corrected chi connectivity index (χ2v) is 7.78. The third kappa shape index (κ3) is 7.45. The van der Waals surface area contributed by atoms with E-state index in [1.54, 1.807) is 18.2 Å². The lowest BCUT2D eigenvalue weighted by Gasteiger charge is -2.13. The number of anilines is 3. The van der Waals surface area contributed by atoms with Gasteiger partial charge in [-0.3, -0.25) is 9.59 Å². The molecule has 31 heavy (non-hydrogen) atoms. The van der Waals surface area contributed by atoms with Gasteiger partial charge in [0.05, 0.1) is 23.4 Å². The van der Waals surface area contributed by atoms with Gasteiger partial charge in [0, 0.05) is 30.5 Å². The molecule has 3 rings (SSSR count). The van der Waals surface area contributed by atoms with Crippen molar-refractivity contribution in [2.45, 2.75) is 38.7 Å². The summed E-state index contributed by atoms with van der Waals surface area (Å²) in [6.45, 7) is 3.31. The van der Waals surface area contributed by atoms with Gasteiger partial charge in [0.2, 0.25) is 11.8 Å². The minimum Gasteiger partial charge on any atom is -0.491 e. The average Bonchev–Trinajstić information content (AvgIpc) is 3.27. The summed E-state index contributed by atoms with van der Waals surface area (Å²) in [6.07, 6.45) is 3.43. The molecule has 2 aromatic rings. The monoisotopic (exact) mass is 445 g/mol. The predicted octanol–water partition coefficient (Wildman–Crippen LogP) is 4.69. The van der Waals surface area contributed by atoms with E-state index in [2.05, 4.69) is 16.0 Å². The molecule has 0 aromatic heterocycles. The highest BCUT2D eigenvalue weighted by atomic mass is 35.5. The van der Waals surface area contributed by atoms with Crippen molar-refractivity contribution in [2.75, 3.05) is 35.7 Å². The Hall–Kier alpha value is -2.77. The number of halogens is 1. The van der Waals surface area contributed by atoms with Gasteiger partial charge in [-0.05, 0) is 49.6 Å². The molecule has 7 nitrogen and oxygen atoms in total. The Bertz CT molecular complexity index is 900. The van der Waals surface area contributed by atoms with Crippen molar-refractivity contribution in [2.24, 2.45) is 0 Å². The molecule has 1 atom stereocenters. The molecule has 166 valence electrons. The first kappa shape index (κ1) is 22.9. The Balaban J connectivity index is 1.50. The Kier molecular flexibility index (Phi) is 8.55. The van der Waals surface area contributed by atoms with Crippen molar-refractivity contribution in [1.82, 2.24) is 0 Å². The van der Waals surface area contributed by atoms with E-state index in [1.807, 2.05) is 31.2 Å². The molecule has 0 spiro atoms. The first-order chi connectivity index (χ1) is 15.0. The first-order valence-corrected chi connectivity index (χ1v) is 10.9. The molecule has 1 aliphatic rings. The maximum atomic E-state index is 12.4. The van der Waals surface area contributed by atoms with E-state index in [1.165, 1.54) is 0 Å². The highest BCUT2D eigenvalue weighted by Crippen LogP contribution is 2.26. The van der Waals surface area contributed by atoms with Crippen LogP contribution in [-0.2, 0) is 14.3 Å². The quantitative estimate of drug-likeness (QED) is 0.493. The molecule has 0 bridgehead atoms. The summed E-state index contributed by atoms with van der Waals surface area (Å²) in [5.41, 5.74) is 1.80. The number of amides is 2. The normalized spacial score (nSPS) is 15.4. The Labute approximate surface area is 187 Å². The smallest absolute Gasteiger partial charge is 0.243 e. The van der Waals surface area contributed by atoms with Gasteiger partial charge in [-0.1, -0.05) is 24.6 Å². The zero-order valence-corrected chi connectivity index (χ0v) is 18.3. The van der Waals surface area contributed by atoms with Crippen LogP contribution in [0.1, 0.15) is 32.6 Å². The maximum absolute atomic E-state index is 12.4. The van der Waals surface area contributed by atoms with Crippen LogP contribution in [0.5, 0.6) is 5.75 Å². The molecule has 2 amide bonds. The van der Waals surface area contributed by atoms with Gasteiger partial charge in [-0.15, -0.1) is 0 Å². The molecule has 1 fully saturated rings. The van der Waals surface area contributed by atoms with Crippen molar-refractivity contribution in [1.29, 1.82) is 0 Å². The predicted molar refractivity (Wildman–Crippen MR) is 123 cm³/mol. The summed E-state index contributed by atoms with van der Waals surface area (Å²) < 4.78 is 11.4. The highest BCUT2D eigenvalue weighted by molar-refractivity contribution is 6.33. The van der Waals surface area contributed by atoms with Crippen molar-refractivity contribution < 1.29 is 19.1 Å². The fraction of sp³-hybridized carbons (Fsp3) is 0.391. The third-order valence-corrected chi connectivity index (χ3v) is 5.08. The lowest BCUT2D eigenvalue weighted by Crippen LogP contribution is -2.22.